The predicted octanol–water partition coefficient (Wildman–Crippen LogP) is 1.66. The summed E-state index contributed by atoms with van der Waals surface area (Å²) >= 11 is -1.09. The van der Waals surface area contributed by atoms with Gasteiger partial charge in [0.2, 0.25) is 0 Å². The molecule has 1 unspecified atom stereocenters. The van der Waals surface area contributed by atoms with Gasteiger partial charge in [-0.1, -0.05) is 0 Å². The second-order valence-corrected chi connectivity index (χ2v) is 5.85. The largest absolute Gasteiger partial charge is 0.612 e. The number of imidazole rings is 1. The summed E-state index contributed by atoms with van der Waals surface area (Å²) in [5.74, 6) is 1.09. The maximum atomic E-state index is 11.7. The van der Waals surface area contributed by atoms with Gasteiger partial charge in [0.1, 0.15) is 17.8 Å². The molecule has 1 aromatic carbocycles. The number of H-pyrrole nitrogens is 2. The summed E-state index contributed by atoms with van der Waals surface area (Å²) < 4.78 is 16.9. The van der Waals surface area contributed by atoms with Gasteiger partial charge in [0.05, 0.1) is 18.2 Å². The van der Waals surface area contributed by atoms with Crippen LogP contribution < -0.4 is 10.3 Å². The molecule has 1 atom stereocenters. The summed E-state index contributed by atoms with van der Waals surface area (Å²) in [4.78, 5) is 22.4. The Morgan fingerprint density at radius 1 is 1.33 bits per heavy atom. The normalized spacial score (nSPS) is 12.5. The Morgan fingerprint density at radius 3 is 2.81 bits per heavy atom. The van der Waals surface area contributed by atoms with E-state index in [1.807, 2.05) is 0 Å². The lowest BCUT2D eigenvalue weighted by atomic mass is 10.2. The Hall–Kier alpha value is -2.25. The van der Waals surface area contributed by atoms with E-state index < -0.39 is 11.2 Å². The van der Waals surface area contributed by atoms with E-state index in [1.165, 1.54) is 7.11 Å². The van der Waals surface area contributed by atoms with E-state index in [2.05, 4.69) is 15.0 Å². The van der Waals surface area contributed by atoms with Gasteiger partial charge < -0.3 is 19.3 Å². The standard InChI is InChI=1S/C14H13N3O3S/c1-20-11-7-8(21(2)19)3-4-9(11)13-16-10-5-6-15-14(18)12(10)17-13/h3-7H,1-2H3,(H,15,18)(H,16,17). The van der Waals surface area contributed by atoms with E-state index in [4.69, 9.17) is 4.74 Å². The number of nitrogens with zero attached hydrogens (tertiary/aromatic N) is 1. The first-order chi connectivity index (χ1) is 10.1. The van der Waals surface area contributed by atoms with Crippen LogP contribution in [0.3, 0.4) is 0 Å². The van der Waals surface area contributed by atoms with Crippen LogP contribution in [0.2, 0.25) is 0 Å². The highest BCUT2D eigenvalue weighted by atomic mass is 32.2. The molecule has 108 valence electrons. The molecule has 2 aromatic heterocycles. The van der Waals surface area contributed by atoms with Gasteiger partial charge >= 0.3 is 0 Å². The Labute approximate surface area is 123 Å². The molecular weight excluding hydrogens is 290 g/mol. The van der Waals surface area contributed by atoms with Gasteiger partial charge in [0.25, 0.3) is 5.56 Å². The maximum absolute atomic E-state index is 11.7. The quantitative estimate of drug-likeness (QED) is 0.720. The summed E-state index contributed by atoms with van der Waals surface area (Å²) in [6.07, 6.45) is 3.17. The highest BCUT2D eigenvalue weighted by Crippen LogP contribution is 2.31. The minimum Gasteiger partial charge on any atom is -0.612 e. The zero-order valence-electron chi connectivity index (χ0n) is 11.5. The molecule has 0 bridgehead atoms. The highest BCUT2D eigenvalue weighted by Gasteiger charge is 2.15. The number of aromatic amines is 2. The van der Waals surface area contributed by atoms with Crippen LogP contribution in [0, 0.1) is 0 Å². The van der Waals surface area contributed by atoms with Gasteiger partial charge in [0, 0.05) is 12.3 Å². The fraction of sp³-hybridized carbons (Fsp3) is 0.143. The minimum atomic E-state index is -1.09. The molecule has 0 aliphatic carbocycles. The number of methoxy groups -OCH3 is 1. The van der Waals surface area contributed by atoms with Gasteiger partial charge in [-0.25, -0.2) is 4.98 Å². The lowest BCUT2D eigenvalue weighted by molar-refractivity contribution is 0.415. The third-order valence-corrected chi connectivity index (χ3v) is 4.09. The van der Waals surface area contributed by atoms with Crippen LogP contribution in [0.25, 0.3) is 22.4 Å². The van der Waals surface area contributed by atoms with Crippen molar-refractivity contribution in [2.45, 2.75) is 4.90 Å². The Balaban J connectivity index is 2.18. The van der Waals surface area contributed by atoms with Crippen LogP contribution in [-0.4, -0.2) is 32.9 Å². The monoisotopic (exact) mass is 303 g/mol. The molecular formula is C14H13N3O3S. The maximum Gasteiger partial charge on any atom is 0.276 e. The van der Waals surface area contributed by atoms with E-state index >= 15 is 0 Å². The number of nitrogens with one attached hydrogen (secondary N) is 2. The molecule has 3 aromatic rings. The SMILES string of the molecule is COc1cc([S+](C)[O-])ccc1-c1nc2c(=O)[nH]ccc2[nH]1. The molecule has 0 aliphatic heterocycles. The van der Waals surface area contributed by atoms with Crippen molar-refractivity contribution in [1.29, 1.82) is 0 Å². The van der Waals surface area contributed by atoms with Crippen molar-refractivity contribution in [1.82, 2.24) is 15.0 Å². The van der Waals surface area contributed by atoms with Crippen molar-refractivity contribution in [2.75, 3.05) is 13.4 Å². The molecule has 0 radical (unpaired) electrons. The number of benzene rings is 1. The molecule has 7 heteroatoms. The molecule has 0 spiro atoms. The third-order valence-electron chi connectivity index (χ3n) is 3.17. The predicted molar refractivity (Wildman–Crippen MR) is 81.0 cm³/mol. The number of fused-ring (bicyclic) bond motifs is 1. The lowest BCUT2D eigenvalue weighted by Crippen LogP contribution is -2.03. The van der Waals surface area contributed by atoms with Crippen molar-refractivity contribution < 1.29 is 9.29 Å². The van der Waals surface area contributed by atoms with E-state index in [-0.39, 0.29) is 5.56 Å². The van der Waals surface area contributed by atoms with Gasteiger partial charge in [-0.15, -0.1) is 0 Å². The zero-order chi connectivity index (χ0) is 15.0. The Bertz CT molecular complexity index is 854. The first kappa shape index (κ1) is 13.7. The summed E-state index contributed by atoms with van der Waals surface area (Å²) in [6.45, 7) is 0. The van der Waals surface area contributed by atoms with Gasteiger partial charge in [-0.3, -0.25) is 4.79 Å². The first-order valence-electron chi connectivity index (χ1n) is 6.19. The minimum absolute atomic E-state index is 0.250. The molecule has 0 fully saturated rings. The van der Waals surface area contributed by atoms with Crippen molar-refractivity contribution in [3.63, 3.8) is 0 Å². The van der Waals surface area contributed by atoms with Crippen LogP contribution in [0.5, 0.6) is 5.75 Å². The number of hydrogen-bond donors (Lipinski definition) is 2. The Morgan fingerprint density at radius 2 is 2.14 bits per heavy atom. The average molecular weight is 303 g/mol. The van der Waals surface area contributed by atoms with Gasteiger partial charge in [-0.05, 0) is 29.4 Å². The lowest BCUT2D eigenvalue weighted by Gasteiger charge is -2.09. The van der Waals surface area contributed by atoms with Crippen molar-refractivity contribution in [2.24, 2.45) is 0 Å². The first-order valence-corrected chi connectivity index (χ1v) is 7.75. The fourth-order valence-electron chi connectivity index (χ4n) is 2.12. The number of pyridine rings is 1. The molecule has 2 N–H and O–H groups in total. The second kappa shape index (κ2) is 5.27. The number of aromatic nitrogens is 3. The highest BCUT2D eigenvalue weighted by molar-refractivity contribution is 7.90. The molecule has 6 nitrogen and oxygen atoms in total. The molecule has 0 amide bonds. The average Bonchev–Trinajstić information content (AvgIpc) is 2.91. The summed E-state index contributed by atoms with van der Waals surface area (Å²) in [5.41, 5.74) is 1.46. The van der Waals surface area contributed by atoms with Crippen LogP contribution in [0.15, 0.2) is 40.2 Å². The molecule has 3 rings (SSSR count). The van der Waals surface area contributed by atoms with Gasteiger partial charge in [-0.2, -0.15) is 0 Å². The van der Waals surface area contributed by atoms with E-state index in [9.17, 15) is 9.35 Å². The summed E-state index contributed by atoms with van der Waals surface area (Å²) in [6, 6.07) is 6.99. The zero-order valence-corrected chi connectivity index (χ0v) is 12.3. The smallest absolute Gasteiger partial charge is 0.276 e. The van der Waals surface area contributed by atoms with E-state index in [0.717, 1.165) is 0 Å². The van der Waals surface area contributed by atoms with Gasteiger partial charge in [0.15, 0.2) is 10.4 Å². The molecule has 0 saturated carbocycles. The third kappa shape index (κ3) is 2.41. The second-order valence-electron chi connectivity index (χ2n) is 4.47. The van der Waals surface area contributed by atoms with E-state index in [1.54, 1.807) is 36.7 Å². The number of rotatable bonds is 3. The number of hydrogen-bond acceptors (Lipinski definition) is 4. The van der Waals surface area contributed by atoms with Crippen molar-refractivity contribution in [3.8, 4) is 17.1 Å². The topological polar surface area (TPSA) is 93.8 Å². The van der Waals surface area contributed by atoms with Crippen LogP contribution in [-0.2, 0) is 11.2 Å². The molecule has 21 heavy (non-hydrogen) atoms. The summed E-state index contributed by atoms with van der Waals surface area (Å²) in [5, 5.41) is 0. The molecule has 0 saturated heterocycles. The van der Waals surface area contributed by atoms with Crippen molar-refractivity contribution in [3.05, 3.63) is 40.8 Å². The number of ether oxygens (including phenoxy) is 1. The van der Waals surface area contributed by atoms with E-state index in [0.29, 0.717) is 33.1 Å². The molecule has 2 heterocycles. The Kier molecular flexibility index (Phi) is 3.44. The van der Waals surface area contributed by atoms with Crippen molar-refractivity contribution >= 4 is 22.2 Å². The van der Waals surface area contributed by atoms with Crippen LogP contribution in [0.4, 0.5) is 0 Å². The fourth-order valence-corrected chi connectivity index (χ4v) is 2.66. The summed E-state index contributed by atoms with van der Waals surface area (Å²) in [7, 11) is 1.54. The van der Waals surface area contributed by atoms with Crippen LogP contribution >= 0.6 is 0 Å². The van der Waals surface area contributed by atoms with Crippen LogP contribution in [0.1, 0.15) is 0 Å². The molecule has 0 aliphatic rings.